The number of aryl methyl sites for hydroxylation is 2. The first-order valence-corrected chi connectivity index (χ1v) is 8.99. The maximum atomic E-state index is 12.4. The molecule has 0 aliphatic carbocycles. The van der Waals surface area contributed by atoms with E-state index in [4.69, 9.17) is 9.47 Å². The molecule has 0 saturated carbocycles. The van der Waals surface area contributed by atoms with Crippen LogP contribution in [0.3, 0.4) is 0 Å². The zero-order valence-electron chi connectivity index (χ0n) is 16.6. The molecule has 0 fully saturated rings. The van der Waals surface area contributed by atoms with Crippen LogP contribution in [-0.4, -0.2) is 19.6 Å². The topological polar surface area (TPSA) is 47.6 Å². The summed E-state index contributed by atoms with van der Waals surface area (Å²) in [5.41, 5.74) is 4.30. The van der Waals surface area contributed by atoms with Gasteiger partial charge in [0, 0.05) is 5.56 Å². The van der Waals surface area contributed by atoms with Crippen LogP contribution in [0.15, 0.2) is 36.4 Å². The Morgan fingerprint density at radius 3 is 2.27 bits per heavy atom. The van der Waals surface area contributed by atoms with Gasteiger partial charge in [-0.05, 0) is 49.9 Å². The monoisotopic (exact) mass is 355 g/mol. The molecule has 2 aromatic rings. The van der Waals surface area contributed by atoms with Gasteiger partial charge in [-0.15, -0.1) is 0 Å². The van der Waals surface area contributed by atoms with Crippen LogP contribution in [-0.2, 0) is 4.79 Å². The molecule has 1 unspecified atom stereocenters. The molecule has 0 spiro atoms. The molecule has 1 atom stereocenters. The highest BCUT2D eigenvalue weighted by molar-refractivity contribution is 5.78. The van der Waals surface area contributed by atoms with Gasteiger partial charge in [0.1, 0.15) is 11.5 Å². The first-order valence-electron chi connectivity index (χ1n) is 8.99. The summed E-state index contributed by atoms with van der Waals surface area (Å²) in [6, 6.07) is 11.9. The standard InChI is InChI=1S/C22H29NO3/c1-14(2)18-9-7-16(4)12-21(18)26-13-22(24)23-17(5)19-11-15(3)8-10-20(19)25-6/h7-12,14,17H,13H2,1-6H3,(H,23,24). The van der Waals surface area contributed by atoms with Crippen LogP contribution >= 0.6 is 0 Å². The summed E-state index contributed by atoms with van der Waals surface area (Å²) < 4.78 is 11.2. The number of hydrogen-bond acceptors (Lipinski definition) is 3. The van der Waals surface area contributed by atoms with E-state index in [-0.39, 0.29) is 18.6 Å². The van der Waals surface area contributed by atoms with Crippen LogP contribution in [0.25, 0.3) is 0 Å². The molecule has 2 aromatic carbocycles. The third-order valence-corrected chi connectivity index (χ3v) is 4.38. The van der Waals surface area contributed by atoms with Gasteiger partial charge in [0.2, 0.25) is 0 Å². The zero-order chi connectivity index (χ0) is 19.3. The zero-order valence-corrected chi connectivity index (χ0v) is 16.6. The molecule has 1 amide bonds. The number of amides is 1. The second-order valence-corrected chi connectivity index (χ2v) is 7.02. The summed E-state index contributed by atoms with van der Waals surface area (Å²) in [4.78, 5) is 12.4. The number of ether oxygens (including phenoxy) is 2. The molecule has 26 heavy (non-hydrogen) atoms. The number of hydrogen-bond donors (Lipinski definition) is 1. The quantitative estimate of drug-likeness (QED) is 0.784. The number of rotatable bonds is 7. The predicted octanol–water partition coefficient (Wildman–Crippen LogP) is 4.69. The fourth-order valence-corrected chi connectivity index (χ4v) is 2.94. The Labute approximate surface area is 156 Å². The molecular formula is C22H29NO3. The number of carbonyl (C=O) groups excluding carboxylic acids is 1. The Hall–Kier alpha value is -2.49. The predicted molar refractivity (Wildman–Crippen MR) is 105 cm³/mol. The summed E-state index contributed by atoms with van der Waals surface area (Å²) >= 11 is 0. The van der Waals surface area contributed by atoms with Gasteiger partial charge in [0.15, 0.2) is 6.61 Å². The lowest BCUT2D eigenvalue weighted by Crippen LogP contribution is -2.31. The van der Waals surface area contributed by atoms with Crippen molar-refractivity contribution in [3.05, 3.63) is 58.7 Å². The minimum absolute atomic E-state index is 0.0123. The van der Waals surface area contributed by atoms with E-state index in [9.17, 15) is 4.79 Å². The molecule has 0 saturated heterocycles. The second kappa shape index (κ2) is 8.75. The van der Waals surface area contributed by atoms with E-state index in [0.29, 0.717) is 5.92 Å². The lowest BCUT2D eigenvalue weighted by atomic mass is 10.0. The van der Waals surface area contributed by atoms with Gasteiger partial charge < -0.3 is 14.8 Å². The highest BCUT2D eigenvalue weighted by atomic mass is 16.5. The van der Waals surface area contributed by atoms with E-state index >= 15 is 0 Å². The Morgan fingerprint density at radius 1 is 0.962 bits per heavy atom. The minimum Gasteiger partial charge on any atom is -0.496 e. The first kappa shape index (κ1) is 19.8. The van der Waals surface area contributed by atoms with Crippen LogP contribution in [0.1, 0.15) is 55.0 Å². The molecule has 4 heteroatoms. The number of nitrogens with one attached hydrogen (secondary N) is 1. The van der Waals surface area contributed by atoms with E-state index in [2.05, 4.69) is 31.3 Å². The van der Waals surface area contributed by atoms with Gasteiger partial charge in [-0.3, -0.25) is 4.79 Å². The van der Waals surface area contributed by atoms with Crippen molar-refractivity contribution in [2.75, 3.05) is 13.7 Å². The van der Waals surface area contributed by atoms with E-state index in [1.807, 2.05) is 45.0 Å². The lowest BCUT2D eigenvalue weighted by Gasteiger charge is -2.19. The Morgan fingerprint density at radius 2 is 1.62 bits per heavy atom. The fourth-order valence-electron chi connectivity index (χ4n) is 2.94. The summed E-state index contributed by atoms with van der Waals surface area (Å²) in [5.74, 6) is 1.72. The molecule has 1 N–H and O–H groups in total. The molecule has 0 aromatic heterocycles. The van der Waals surface area contributed by atoms with Crippen LogP contribution in [0.4, 0.5) is 0 Å². The molecule has 0 aliphatic rings. The lowest BCUT2D eigenvalue weighted by molar-refractivity contribution is -0.123. The Balaban J connectivity index is 2.04. The van der Waals surface area contributed by atoms with Crippen molar-refractivity contribution in [1.82, 2.24) is 5.32 Å². The fraction of sp³-hybridized carbons (Fsp3) is 0.409. The molecule has 4 nitrogen and oxygen atoms in total. The van der Waals surface area contributed by atoms with Gasteiger partial charge >= 0.3 is 0 Å². The third kappa shape index (κ3) is 5.01. The van der Waals surface area contributed by atoms with Crippen molar-refractivity contribution in [3.8, 4) is 11.5 Å². The van der Waals surface area contributed by atoms with E-state index in [0.717, 1.165) is 33.8 Å². The SMILES string of the molecule is COc1ccc(C)cc1C(C)NC(=O)COc1cc(C)ccc1C(C)C. The maximum Gasteiger partial charge on any atom is 0.258 e. The van der Waals surface area contributed by atoms with Crippen molar-refractivity contribution >= 4 is 5.91 Å². The smallest absolute Gasteiger partial charge is 0.258 e. The molecule has 0 heterocycles. The van der Waals surface area contributed by atoms with Crippen LogP contribution in [0, 0.1) is 13.8 Å². The van der Waals surface area contributed by atoms with Gasteiger partial charge in [-0.1, -0.05) is 43.7 Å². The molecule has 140 valence electrons. The van der Waals surface area contributed by atoms with Gasteiger partial charge in [0.25, 0.3) is 5.91 Å². The Kier molecular flexibility index (Phi) is 6.67. The van der Waals surface area contributed by atoms with E-state index < -0.39 is 0 Å². The minimum atomic E-state index is -0.164. The van der Waals surface area contributed by atoms with Crippen molar-refractivity contribution in [2.24, 2.45) is 0 Å². The molecule has 0 aliphatic heterocycles. The van der Waals surface area contributed by atoms with E-state index in [1.54, 1.807) is 7.11 Å². The van der Waals surface area contributed by atoms with Crippen molar-refractivity contribution in [3.63, 3.8) is 0 Å². The normalized spacial score (nSPS) is 12.0. The molecule has 2 rings (SSSR count). The maximum absolute atomic E-state index is 12.4. The highest BCUT2D eigenvalue weighted by Crippen LogP contribution is 2.28. The molecule has 0 radical (unpaired) electrons. The summed E-state index contributed by atoms with van der Waals surface area (Å²) in [6.45, 7) is 10.2. The number of methoxy groups -OCH3 is 1. The largest absolute Gasteiger partial charge is 0.496 e. The van der Waals surface area contributed by atoms with Crippen molar-refractivity contribution in [1.29, 1.82) is 0 Å². The summed E-state index contributed by atoms with van der Waals surface area (Å²) in [5, 5.41) is 2.99. The van der Waals surface area contributed by atoms with Crippen LogP contribution in [0.2, 0.25) is 0 Å². The van der Waals surface area contributed by atoms with Crippen LogP contribution in [0.5, 0.6) is 11.5 Å². The Bertz CT molecular complexity index is 768. The van der Waals surface area contributed by atoms with Gasteiger partial charge in [0.05, 0.1) is 13.2 Å². The average Bonchev–Trinajstić information content (AvgIpc) is 2.59. The van der Waals surface area contributed by atoms with Gasteiger partial charge in [-0.2, -0.15) is 0 Å². The summed E-state index contributed by atoms with van der Waals surface area (Å²) in [7, 11) is 1.64. The number of carbonyl (C=O) groups is 1. The molecule has 0 bridgehead atoms. The second-order valence-electron chi connectivity index (χ2n) is 7.02. The average molecular weight is 355 g/mol. The van der Waals surface area contributed by atoms with Crippen LogP contribution < -0.4 is 14.8 Å². The van der Waals surface area contributed by atoms with E-state index in [1.165, 1.54) is 0 Å². The summed E-state index contributed by atoms with van der Waals surface area (Å²) in [6.07, 6.45) is 0. The van der Waals surface area contributed by atoms with Crippen molar-refractivity contribution < 1.29 is 14.3 Å². The highest BCUT2D eigenvalue weighted by Gasteiger charge is 2.16. The van der Waals surface area contributed by atoms with Crippen molar-refractivity contribution in [2.45, 2.75) is 46.6 Å². The van der Waals surface area contributed by atoms with Gasteiger partial charge in [-0.25, -0.2) is 0 Å². The molecular weight excluding hydrogens is 326 g/mol. The number of benzene rings is 2. The first-order chi connectivity index (χ1) is 12.3. The third-order valence-electron chi connectivity index (χ3n) is 4.38.